The van der Waals surface area contributed by atoms with Crippen LogP contribution in [0.1, 0.15) is 78.6 Å². The van der Waals surface area contributed by atoms with Crippen LogP contribution in [0.3, 0.4) is 0 Å². The van der Waals surface area contributed by atoms with Crippen molar-refractivity contribution in [1.82, 2.24) is 5.32 Å². The molecule has 0 aromatic rings. The molecule has 8 nitrogen and oxygen atoms in total. The molecule has 0 spiro atoms. The third-order valence-corrected chi connectivity index (χ3v) is 11.9. The topological polar surface area (TPSA) is 147 Å². The molecule has 4 saturated carbocycles. The van der Waals surface area contributed by atoms with E-state index in [0.29, 0.717) is 25.2 Å². The zero-order chi connectivity index (χ0) is 25.8. The summed E-state index contributed by atoms with van der Waals surface area (Å²) in [5, 5.41) is 35.9. The highest BCUT2D eigenvalue weighted by molar-refractivity contribution is 7.51. The Kier molecular flexibility index (Phi) is 7.86. The van der Waals surface area contributed by atoms with Crippen molar-refractivity contribution in [3.05, 3.63) is 0 Å². The van der Waals surface area contributed by atoms with Crippen LogP contribution in [-0.2, 0) is 9.36 Å². The molecule has 11 atom stereocenters. The molecular formula is C26H46NO7P. The molecule has 0 aromatic heterocycles. The Morgan fingerprint density at radius 2 is 1.77 bits per heavy atom. The lowest BCUT2D eigenvalue weighted by Crippen LogP contribution is -2.62. The second-order valence-corrected chi connectivity index (χ2v) is 14.6. The van der Waals surface area contributed by atoms with E-state index in [1.54, 1.807) is 0 Å². The first-order valence-corrected chi connectivity index (χ1v) is 15.4. The molecule has 4 rings (SSSR count). The van der Waals surface area contributed by atoms with Gasteiger partial charge in [-0.2, -0.15) is 0 Å². The smallest absolute Gasteiger partial charge is 0.327 e. The molecule has 0 saturated heterocycles. The van der Waals surface area contributed by atoms with Crippen molar-refractivity contribution in [2.24, 2.45) is 46.3 Å². The number of aliphatic hydroxyl groups is 3. The quantitative estimate of drug-likeness (QED) is 0.286. The molecule has 0 radical (unpaired) electrons. The van der Waals surface area contributed by atoms with Gasteiger partial charge in [0.15, 0.2) is 0 Å². The Labute approximate surface area is 209 Å². The Balaban J connectivity index is 1.43. The van der Waals surface area contributed by atoms with Gasteiger partial charge in [-0.05, 0) is 97.7 Å². The van der Waals surface area contributed by atoms with E-state index >= 15 is 0 Å². The lowest BCUT2D eigenvalue weighted by atomic mass is 9.43. The first kappa shape index (κ1) is 27.5. The third kappa shape index (κ3) is 5.13. The molecule has 0 heterocycles. The number of carbonyl (C=O) groups is 1. The monoisotopic (exact) mass is 515 g/mol. The number of carbonyl (C=O) groups excluding carboxylic acids is 1. The lowest BCUT2D eigenvalue weighted by molar-refractivity contribution is -0.207. The van der Waals surface area contributed by atoms with Crippen LogP contribution in [0.5, 0.6) is 0 Å². The normalized spacial score (nSPS) is 46.3. The van der Waals surface area contributed by atoms with Crippen LogP contribution in [0.2, 0.25) is 0 Å². The SMILES string of the molecule is C[C@H](CCC(=O)NCCP(=O)(O)O)[C@H]1CC[C@H]2[C@@H]3C(O)C[C@@H]4C[C@H](O)CC[C@]4(C)[C@H]3C[C@H](O)[C@]12C. The van der Waals surface area contributed by atoms with Gasteiger partial charge in [-0.1, -0.05) is 20.8 Å². The fourth-order valence-corrected chi connectivity index (χ4v) is 9.52. The van der Waals surface area contributed by atoms with E-state index in [-0.39, 0.29) is 65.1 Å². The van der Waals surface area contributed by atoms with Gasteiger partial charge in [0, 0.05) is 13.0 Å². The zero-order valence-corrected chi connectivity index (χ0v) is 22.4. The maximum absolute atomic E-state index is 12.2. The fourth-order valence-electron chi connectivity index (χ4n) is 9.12. The second kappa shape index (κ2) is 9.99. The van der Waals surface area contributed by atoms with Gasteiger partial charge in [-0.15, -0.1) is 0 Å². The van der Waals surface area contributed by atoms with Crippen molar-refractivity contribution in [2.45, 2.75) is 96.9 Å². The van der Waals surface area contributed by atoms with Crippen molar-refractivity contribution in [1.29, 1.82) is 0 Å². The minimum atomic E-state index is -4.12. The van der Waals surface area contributed by atoms with Crippen molar-refractivity contribution in [3.8, 4) is 0 Å². The van der Waals surface area contributed by atoms with E-state index in [4.69, 9.17) is 9.79 Å². The van der Waals surface area contributed by atoms with Crippen LogP contribution >= 0.6 is 7.60 Å². The first-order chi connectivity index (χ1) is 16.3. The summed E-state index contributed by atoms with van der Waals surface area (Å²) in [6.07, 6.45) is 5.41. The molecule has 4 aliphatic carbocycles. The van der Waals surface area contributed by atoms with Gasteiger partial charge in [-0.3, -0.25) is 9.36 Å². The number of amides is 1. The van der Waals surface area contributed by atoms with Crippen LogP contribution in [0.4, 0.5) is 0 Å². The largest absolute Gasteiger partial charge is 0.393 e. The van der Waals surface area contributed by atoms with E-state index < -0.39 is 19.8 Å². The molecule has 35 heavy (non-hydrogen) atoms. The molecule has 4 aliphatic rings. The predicted molar refractivity (Wildman–Crippen MR) is 132 cm³/mol. The highest BCUT2D eigenvalue weighted by Gasteiger charge is 2.65. The molecule has 9 heteroatoms. The number of hydrogen-bond acceptors (Lipinski definition) is 5. The van der Waals surface area contributed by atoms with Crippen LogP contribution in [0.15, 0.2) is 0 Å². The van der Waals surface area contributed by atoms with Crippen molar-refractivity contribution >= 4 is 13.5 Å². The molecule has 0 bridgehead atoms. The average Bonchev–Trinajstić information content (AvgIpc) is 3.12. The Hall–Kier alpha value is -0.500. The molecule has 4 fully saturated rings. The number of rotatable bonds is 7. The van der Waals surface area contributed by atoms with Crippen molar-refractivity contribution in [2.75, 3.05) is 12.7 Å². The fraction of sp³-hybridized carbons (Fsp3) is 0.962. The van der Waals surface area contributed by atoms with Gasteiger partial charge in [0.05, 0.1) is 24.5 Å². The number of aliphatic hydroxyl groups excluding tert-OH is 3. The molecule has 1 unspecified atom stereocenters. The maximum Gasteiger partial charge on any atom is 0.327 e. The van der Waals surface area contributed by atoms with Gasteiger partial charge >= 0.3 is 7.60 Å². The summed E-state index contributed by atoms with van der Waals surface area (Å²) in [4.78, 5) is 30.1. The predicted octanol–water partition coefficient (Wildman–Crippen LogP) is 2.66. The summed E-state index contributed by atoms with van der Waals surface area (Å²) in [6, 6.07) is 0. The van der Waals surface area contributed by atoms with Crippen LogP contribution in [0.25, 0.3) is 0 Å². The summed E-state index contributed by atoms with van der Waals surface area (Å²) < 4.78 is 11.0. The van der Waals surface area contributed by atoms with Crippen LogP contribution < -0.4 is 5.32 Å². The maximum atomic E-state index is 12.2. The molecule has 0 aliphatic heterocycles. The highest BCUT2D eigenvalue weighted by atomic mass is 31.2. The van der Waals surface area contributed by atoms with Crippen molar-refractivity contribution < 1.29 is 34.5 Å². The summed E-state index contributed by atoms with van der Waals surface area (Å²) >= 11 is 0. The van der Waals surface area contributed by atoms with E-state index in [2.05, 4.69) is 26.1 Å². The van der Waals surface area contributed by atoms with E-state index in [0.717, 1.165) is 38.5 Å². The van der Waals surface area contributed by atoms with Gasteiger partial charge in [0.1, 0.15) is 0 Å². The molecule has 1 amide bonds. The second-order valence-electron chi connectivity index (χ2n) is 12.8. The van der Waals surface area contributed by atoms with Crippen molar-refractivity contribution in [3.63, 3.8) is 0 Å². The molecule has 0 aromatic carbocycles. The summed E-state index contributed by atoms with van der Waals surface area (Å²) in [7, 11) is -4.12. The van der Waals surface area contributed by atoms with Gasteiger partial charge in [-0.25, -0.2) is 0 Å². The Bertz CT molecular complexity index is 835. The lowest BCUT2D eigenvalue weighted by Gasteiger charge is -2.63. The zero-order valence-electron chi connectivity index (χ0n) is 21.5. The summed E-state index contributed by atoms with van der Waals surface area (Å²) in [5.74, 6) is 1.28. The summed E-state index contributed by atoms with van der Waals surface area (Å²) in [5.41, 5.74) is -0.240. The van der Waals surface area contributed by atoms with Gasteiger partial charge in [0.2, 0.25) is 5.91 Å². The van der Waals surface area contributed by atoms with Gasteiger partial charge in [0.25, 0.3) is 0 Å². The standard InChI is InChI=1S/C26H46NO7P/c1-15(4-7-23(31)27-10-11-35(32,33)34)18-5-6-19-24-20(14-22(30)26(18,19)3)25(2)9-8-17(28)12-16(25)13-21(24)29/h15-22,24,28-30H,4-14H2,1-3H3,(H,27,31)(H2,32,33,34)/t15-,16+,17-,18-,19+,20+,21?,22+,24+,25+,26-/m1/s1. The molecule has 6 N–H and O–H groups in total. The Morgan fingerprint density at radius 1 is 1.06 bits per heavy atom. The van der Waals surface area contributed by atoms with Gasteiger partial charge < -0.3 is 30.4 Å². The van der Waals surface area contributed by atoms with E-state index in [1.807, 2.05) is 0 Å². The number of nitrogens with one attached hydrogen (secondary N) is 1. The van der Waals surface area contributed by atoms with Crippen LogP contribution in [0, 0.1) is 46.3 Å². The minimum Gasteiger partial charge on any atom is -0.393 e. The number of hydrogen-bond donors (Lipinski definition) is 6. The Morgan fingerprint density at radius 3 is 2.46 bits per heavy atom. The minimum absolute atomic E-state index is 0.0306. The number of fused-ring (bicyclic) bond motifs is 5. The van der Waals surface area contributed by atoms with Crippen LogP contribution in [-0.4, -0.2) is 62.0 Å². The third-order valence-electron chi connectivity index (χ3n) is 11.1. The summed E-state index contributed by atoms with van der Waals surface area (Å²) in [6.45, 7) is 6.66. The van der Waals surface area contributed by atoms with E-state index in [9.17, 15) is 24.7 Å². The molecular weight excluding hydrogens is 469 g/mol. The highest BCUT2D eigenvalue weighted by Crippen LogP contribution is 2.68. The van der Waals surface area contributed by atoms with E-state index in [1.165, 1.54) is 0 Å². The average molecular weight is 516 g/mol. The first-order valence-electron chi connectivity index (χ1n) is 13.6. The molecule has 202 valence electrons.